The molecule has 0 radical (unpaired) electrons. The van der Waals surface area contributed by atoms with Crippen LogP contribution in [0.3, 0.4) is 0 Å². The molecule has 0 spiro atoms. The first-order valence-corrected chi connectivity index (χ1v) is 12.8. The van der Waals surface area contributed by atoms with Gasteiger partial charge in [0.2, 0.25) is 0 Å². The number of aryl methyl sites for hydroxylation is 1. The summed E-state index contributed by atoms with van der Waals surface area (Å²) in [6, 6.07) is 9.07. The van der Waals surface area contributed by atoms with Crippen molar-refractivity contribution in [3.8, 4) is 17.0 Å². The van der Waals surface area contributed by atoms with Gasteiger partial charge in [0, 0.05) is 17.3 Å². The third-order valence-corrected chi connectivity index (χ3v) is 5.66. The lowest BCUT2D eigenvalue weighted by Crippen LogP contribution is -2.34. The fourth-order valence-electron chi connectivity index (χ4n) is 4.05. The van der Waals surface area contributed by atoms with Crippen LogP contribution in [0, 0.1) is 12.7 Å². The van der Waals surface area contributed by atoms with Crippen LogP contribution < -0.4 is 15.4 Å². The van der Waals surface area contributed by atoms with Gasteiger partial charge >= 0.3 is 12.1 Å². The van der Waals surface area contributed by atoms with Crippen LogP contribution in [-0.2, 0) is 14.3 Å². The number of nitrogens with one attached hydrogen (secondary N) is 3. The molecule has 1 aliphatic heterocycles. The molecular formula is C29H31FN4O6. The molecule has 2 amide bonds. The summed E-state index contributed by atoms with van der Waals surface area (Å²) in [5, 5.41) is 5.36. The van der Waals surface area contributed by atoms with Crippen LogP contribution in [0.5, 0.6) is 5.75 Å². The summed E-state index contributed by atoms with van der Waals surface area (Å²) in [6.07, 6.45) is 0.970. The number of ether oxygens (including phenoxy) is 3. The molecule has 0 unspecified atom stereocenters. The van der Waals surface area contributed by atoms with Gasteiger partial charge in [-0.25, -0.2) is 19.0 Å². The van der Waals surface area contributed by atoms with Crippen molar-refractivity contribution in [1.82, 2.24) is 15.3 Å². The van der Waals surface area contributed by atoms with E-state index in [9.17, 15) is 18.8 Å². The second-order valence-corrected chi connectivity index (χ2v) is 10.0. The number of hydrogen-bond donors (Lipinski definition) is 3. The maximum atomic E-state index is 14.1. The minimum Gasteiger partial charge on any atom is -0.491 e. The number of halogens is 1. The Bertz CT molecular complexity index is 1490. The summed E-state index contributed by atoms with van der Waals surface area (Å²) in [5.74, 6) is -1.18. The van der Waals surface area contributed by atoms with Crippen LogP contribution in [-0.4, -0.2) is 53.3 Å². The van der Waals surface area contributed by atoms with Crippen molar-refractivity contribution in [1.29, 1.82) is 0 Å². The number of anilines is 1. The average molecular weight is 551 g/mol. The Morgan fingerprint density at radius 1 is 1.15 bits per heavy atom. The summed E-state index contributed by atoms with van der Waals surface area (Å²) in [7, 11) is 0. The number of aromatic nitrogens is 2. The highest BCUT2D eigenvalue weighted by atomic mass is 19.1. The van der Waals surface area contributed by atoms with Crippen LogP contribution in [0.1, 0.15) is 55.1 Å². The largest absolute Gasteiger partial charge is 0.491 e. The van der Waals surface area contributed by atoms with Gasteiger partial charge in [0.05, 0.1) is 41.4 Å². The Morgan fingerprint density at radius 2 is 1.93 bits per heavy atom. The lowest BCUT2D eigenvalue weighted by Gasteiger charge is -2.19. The zero-order chi connectivity index (χ0) is 29.0. The van der Waals surface area contributed by atoms with Crippen molar-refractivity contribution in [3.63, 3.8) is 0 Å². The molecule has 1 aromatic carbocycles. The molecule has 3 heterocycles. The van der Waals surface area contributed by atoms with E-state index in [1.807, 2.05) is 0 Å². The van der Waals surface area contributed by atoms with Gasteiger partial charge in [-0.15, -0.1) is 0 Å². The number of aromatic amines is 1. The molecule has 0 aliphatic carbocycles. The zero-order valence-electron chi connectivity index (χ0n) is 22.9. The Morgan fingerprint density at radius 3 is 2.65 bits per heavy atom. The molecule has 1 aliphatic rings. The van der Waals surface area contributed by atoms with E-state index in [1.54, 1.807) is 58.9 Å². The van der Waals surface area contributed by atoms with E-state index < -0.39 is 23.5 Å². The highest BCUT2D eigenvalue weighted by Crippen LogP contribution is 2.36. The normalized spacial score (nSPS) is 13.6. The van der Waals surface area contributed by atoms with Gasteiger partial charge in [0.1, 0.15) is 29.5 Å². The maximum Gasteiger partial charge on any atom is 0.407 e. The molecule has 40 heavy (non-hydrogen) atoms. The molecule has 4 rings (SSSR count). The second-order valence-electron chi connectivity index (χ2n) is 10.0. The van der Waals surface area contributed by atoms with Gasteiger partial charge in [-0.3, -0.25) is 4.79 Å². The van der Waals surface area contributed by atoms with Crippen molar-refractivity contribution in [2.24, 2.45) is 0 Å². The Labute approximate surface area is 230 Å². The van der Waals surface area contributed by atoms with E-state index >= 15 is 0 Å². The molecule has 0 atom stereocenters. The minimum atomic E-state index is -0.635. The summed E-state index contributed by atoms with van der Waals surface area (Å²) in [5.41, 5.74) is 2.85. The summed E-state index contributed by atoms with van der Waals surface area (Å²) in [4.78, 5) is 44.9. The fraction of sp³-hybridized carbons (Fsp3) is 0.310. The molecular weight excluding hydrogens is 519 g/mol. The Balaban J connectivity index is 1.60. The smallest absolute Gasteiger partial charge is 0.407 e. The number of alkyl carbamates (subject to hydrolysis) is 1. The van der Waals surface area contributed by atoms with Crippen molar-refractivity contribution >= 4 is 35.3 Å². The quantitative estimate of drug-likeness (QED) is 0.202. The standard InChI is InChI=1S/C29H31FN4O6/c1-6-38-27(36)19-13-16(2)32-23(19)15-20-25-22(34-26(20)35)10-9-21(33-25)18-8-7-17(30)14-24(18)39-12-11-31-28(37)40-29(3,4)5/h7-10,13-15,32H,6,11-12H2,1-5H3,(H,31,37)(H,34,35)/b20-15-. The van der Waals surface area contributed by atoms with E-state index in [1.165, 1.54) is 18.2 Å². The average Bonchev–Trinajstić information content (AvgIpc) is 3.39. The van der Waals surface area contributed by atoms with E-state index in [4.69, 9.17) is 14.2 Å². The third-order valence-electron chi connectivity index (χ3n) is 5.66. The van der Waals surface area contributed by atoms with Crippen molar-refractivity contribution in [2.45, 2.75) is 40.2 Å². The fourth-order valence-corrected chi connectivity index (χ4v) is 4.05. The van der Waals surface area contributed by atoms with Crippen molar-refractivity contribution in [3.05, 3.63) is 64.9 Å². The number of rotatable bonds is 8. The first-order valence-electron chi connectivity index (χ1n) is 12.8. The predicted molar refractivity (Wildman–Crippen MR) is 147 cm³/mol. The van der Waals surface area contributed by atoms with Gasteiger partial charge in [0.15, 0.2) is 0 Å². The highest BCUT2D eigenvalue weighted by Gasteiger charge is 2.28. The number of carbonyl (C=O) groups excluding carboxylic acids is 3. The number of pyridine rings is 1. The molecule has 210 valence electrons. The Hall–Kier alpha value is -4.67. The lowest BCUT2D eigenvalue weighted by molar-refractivity contribution is -0.110. The Kier molecular flexibility index (Phi) is 8.22. The number of carbonyl (C=O) groups is 3. The molecule has 2 aromatic heterocycles. The molecule has 0 saturated carbocycles. The lowest BCUT2D eigenvalue weighted by atomic mass is 10.1. The van der Waals surface area contributed by atoms with Gasteiger partial charge in [-0.2, -0.15) is 0 Å². The van der Waals surface area contributed by atoms with Gasteiger partial charge in [0.25, 0.3) is 5.91 Å². The maximum absolute atomic E-state index is 14.1. The summed E-state index contributed by atoms with van der Waals surface area (Å²) >= 11 is 0. The highest BCUT2D eigenvalue weighted by molar-refractivity contribution is 6.34. The van der Waals surface area contributed by atoms with Crippen LogP contribution in [0.15, 0.2) is 36.4 Å². The SMILES string of the molecule is CCOC(=O)c1cc(C)[nH]c1/C=C1\C(=O)Nc2ccc(-c3ccc(F)cc3OCCNC(=O)OC(C)(C)C)nc21. The number of H-pyrrole nitrogens is 1. The number of benzene rings is 1. The number of nitrogens with zero attached hydrogens (tertiary/aromatic N) is 1. The van der Waals surface area contributed by atoms with Crippen LogP contribution in [0.4, 0.5) is 14.9 Å². The van der Waals surface area contributed by atoms with Gasteiger partial charge in [-0.05, 0) is 71.0 Å². The first kappa shape index (κ1) is 28.3. The van der Waals surface area contributed by atoms with Gasteiger partial charge < -0.3 is 29.8 Å². The van der Waals surface area contributed by atoms with Crippen LogP contribution >= 0.6 is 0 Å². The van der Waals surface area contributed by atoms with Crippen LogP contribution in [0.2, 0.25) is 0 Å². The molecule has 10 nitrogen and oxygen atoms in total. The zero-order valence-corrected chi connectivity index (χ0v) is 22.9. The number of amides is 2. The van der Waals surface area contributed by atoms with E-state index in [0.717, 1.165) is 5.69 Å². The monoisotopic (exact) mass is 550 g/mol. The topological polar surface area (TPSA) is 132 Å². The van der Waals surface area contributed by atoms with E-state index in [-0.39, 0.29) is 37.0 Å². The van der Waals surface area contributed by atoms with E-state index in [0.29, 0.717) is 33.9 Å². The molecule has 0 fully saturated rings. The first-order chi connectivity index (χ1) is 18.9. The summed E-state index contributed by atoms with van der Waals surface area (Å²) < 4.78 is 30.2. The number of fused-ring (bicyclic) bond motifs is 1. The van der Waals surface area contributed by atoms with Crippen molar-refractivity contribution < 1.29 is 33.0 Å². The van der Waals surface area contributed by atoms with Crippen molar-refractivity contribution in [2.75, 3.05) is 25.1 Å². The van der Waals surface area contributed by atoms with E-state index in [2.05, 4.69) is 20.6 Å². The third kappa shape index (κ3) is 6.66. The molecule has 11 heteroatoms. The van der Waals surface area contributed by atoms with Gasteiger partial charge in [-0.1, -0.05) is 0 Å². The minimum absolute atomic E-state index is 0.0502. The number of hydrogen-bond acceptors (Lipinski definition) is 7. The molecule has 3 N–H and O–H groups in total. The number of esters is 1. The molecule has 0 bridgehead atoms. The second kappa shape index (κ2) is 11.6. The predicted octanol–water partition coefficient (Wildman–Crippen LogP) is 5.10. The molecule has 3 aromatic rings. The summed E-state index contributed by atoms with van der Waals surface area (Å²) in [6.45, 7) is 9.18. The molecule has 0 saturated heterocycles. The van der Waals surface area contributed by atoms with Crippen LogP contribution in [0.25, 0.3) is 22.9 Å².